The molecule has 17 heavy (non-hydrogen) atoms. The van der Waals surface area contributed by atoms with E-state index in [0.717, 1.165) is 6.20 Å². The monoisotopic (exact) mass is 239 g/mol. The summed E-state index contributed by atoms with van der Waals surface area (Å²) in [7, 11) is 3.64. The van der Waals surface area contributed by atoms with Gasteiger partial charge in [0.05, 0.1) is 17.9 Å². The van der Waals surface area contributed by atoms with Crippen LogP contribution in [0.4, 0.5) is 10.1 Å². The molecule has 1 aromatic rings. The summed E-state index contributed by atoms with van der Waals surface area (Å²) >= 11 is 0. The Kier molecular flexibility index (Phi) is 4.57. The smallest absolute Gasteiger partial charge is 0.244 e. The molecule has 0 bridgehead atoms. The fourth-order valence-electron chi connectivity index (χ4n) is 1.48. The van der Waals surface area contributed by atoms with E-state index in [-0.39, 0.29) is 17.6 Å². The van der Waals surface area contributed by atoms with Gasteiger partial charge in [-0.25, -0.2) is 4.39 Å². The quantitative estimate of drug-likeness (QED) is 0.799. The molecule has 1 atom stereocenters. The lowest BCUT2D eigenvalue weighted by Gasteiger charge is -2.27. The Morgan fingerprint density at radius 3 is 2.65 bits per heavy atom. The van der Waals surface area contributed by atoms with E-state index < -0.39 is 5.82 Å². The summed E-state index contributed by atoms with van der Waals surface area (Å²) in [5, 5.41) is 0. The predicted molar refractivity (Wildman–Crippen MR) is 65.4 cm³/mol. The second kappa shape index (κ2) is 5.72. The Morgan fingerprint density at radius 1 is 1.53 bits per heavy atom. The van der Waals surface area contributed by atoms with E-state index in [0.29, 0.717) is 6.54 Å². The van der Waals surface area contributed by atoms with Crippen LogP contribution >= 0.6 is 0 Å². The summed E-state index contributed by atoms with van der Waals surface area (Å²) in [5.41, 5.74) is 0.279. The lowest BCUT2D eigenvalue weighted by atomic mass is 10.2. The van der Waals surface area contributed by atoms with Crippen molar-refractivity contribution >= 4 is 11.6 Å². The highest BCUT2D eigenvalue weighted by molar-refractivity contribution is 5.96. The van der Waals surface area contributed by atoms with Crippen molar-refractivity contribution in [2.24, 2.45) is 0 Å². The third-order valence-corrected chi connectivity index (χ3v) is 2.76. The van der Waals surface area contributed by atoms with Crippen molar-refractivity contribution in [1.82, 2.24) is 9.88 Å². The molecule has 1 heterocycles. The van der Waals surface area contributed by atoms with E-state index in [4.69, 9.17) is 0 Å². The summed E-state index contributed by atoms with van der Waals surface area (Å²) in [6, 6.07) is 1.22. The molecular weight excluding hydrogens is 221 g/mol. The molecule has 1 unspecified atom stereocenters. The average molecular weight is 239 g/mol. The van der Waals surface area contributed by atoms with Gasteiger partial charge in [-0.1, -0.05) is 0 Å². The number of rotatable bonds is 4. The molecule has 94 valence electrons. The molecule has 5 heteroatoms. The van der Waals surface area contributed by atoms with Gasteiger partial charge in [-0.05, 0) is 34.0 Å². The summed E-state index contributed by atoms with van der Waals surface area (Å²) in [6.07, 6.45) is 2.60. The minimum atomic E-state index is -0.478. The van der Waals surface area contributed by atoms with Gasteiger partial charge in [0.15, 0.2) is 5.82 Å². The van der Waals surface area contributed by atoms with Gasteiger partial charge in [-0.3, -0.25) is 14.7 Å². The largest absolute Gasteiger partial charge is 0.308 e. The van der Waals surface area contributed by atoms with E-state index in [1.165, 1.54) is 17.2 Å². The van der Waals surface area contributed by atoms with Crippen LogP contribution in [-0.4, -0.2) is 42.5 Å². The van der Waals surface area contributed by atoms with Crippen LogP contribution in [0.25, 0.3) is 0 Å². The number of hydrogen-bond acceptors (Lipinski definition) is 3. The Morgan fingerprint density at radius 2 is 2.18 bits per heavy atom. The Hall–Kier alpha value is -1.49. The standard InChI is InChI=1S/C12H18FN3O/c1-5-16(12(17)9(2)15(3)4)11-6-7-14-8-10(11)13/h6-9H,5H2,1-4H3. The zero-order valence-corrected chi connectivity index (χ0v) is 10.6. The van der Waals surface area contributed by atoms with Crippen molar-refractivity contribution in [3.8, 4) is 0 Å². The second-order valence-electron chi connectivity index (χ2n) is 4.05. The fourth-order valence-corrected chi connectivity index (χ4v) is 1.48. The Labute approximate surface area is 101 Å². The van der Waals surface area contributed by atoms with E-state index in [1.807, 2.05) is 21.0 Å². The van der Waals surface area contributed by atoms with Crippen LogP contribution in [-0.2, 0) is 4.79 Å². The van der Waals surface area contributed by atoms with Crippen molar-refractivity contribution < 1.29 is 9.18 Å². The van der Waals surface area contributed by atoms with Crippen LogP contribution < -0.4 is 4.90 Å². The topological polar surface area (TPSA) is 36.4 Å². The molecule has 0 radical (unpaired) electrons. The van der Waals surface area contributed by atoms with Crippen LogP contribution in [0, 0.1) is 5.82 Å². The first kappa shape index (κ1) is 13.6. The van der Waals surface area contributed by atoms with Gasteiger partial charge in [0.1, 0.15) is 0 Å². The number of carbonyl (C=O) groups is 1. The maximum atomic E-state index is 13.6. The van der Waals surface area contributed by atoms with Crippen LogP contribution in [0.1, 0.15) is 13.8 Å². The van der Waals surface area contributed by atoms with Gasteiger partial charge >= 0.3 is 0 Å². The van der Waals surface area contributed by atoms with Crippen LogP contribution in [0.5, 0.6) is 0 Å². The molecule has 0 aromatic carbocycles. The number of amides is 1. The lowest BCUT2D eigenvalue weighted by Crippen LogP contribution is -2.44. The number of pyridine rings is 1. The van der Waals surface area contributed by atoms with E-state index >= 15 is 0 Å². The third kappa shape index (κ3) is 3.00. The molecule has 0 saturated carbocycles. The molecule has 1 rings (SSSR count). The van der Waals surface area contributed by atoms with Crippen molar-refractivity contribution in [3.63, 3.8) is 0 Å². The minimum Gasteiger partial charge on any atom is -0.308 e. The van der Waals surface area contributed by atoms with Gasteiger partial charge in [0.25, 0.3) is 0 Å². The third-order valence-electron chi connectivity index (χ3n) is 2.76. The van der Waals surface area contributed by atoms with Gasteiger partial charge in [0, 0.05) is 12.7 Å². The molecule has 0 saturated heterocycles. The highest BCUT2D eigenvalue weighted by atomic mass is 19.1. The summed E-state index contributed by atoms with van der Waals surface area (Å²) in [5.74, 6) is -0.601. The van der Waals surface area contributed by atoms with E-state index in [2.05, 4.69) is 4.98 Å². The molecule has 0 aliphatic heterocycles. The van der Waals surface area contributed by atoms with Gasteiger partial charge in [-0.2, -0.15) is 0 Å². The number of likely N-dealkylation sites (N-methyl/N-ethyl adjacent to an activating group) is 2. The first-order chi connectivity index (χ1) is 7.99. The molecule has 1 aromatic heterocycles. The fraction of sp³-hybridized carbons (Fsp3) is 0.500. The van der Waals surface area contributed by atoms with Crippen molar-refractivity contribution in [3.05, 3.63) is 24.3 Å². The van der Waals surface area contributed by atoms with Crippen LogP contribution in [0.2, 0.25) is 0 Å². The molecule has 1 amide bonds. The Bertz CT molecular complexity index is 395. The highest BCUT2D eigenvalue weighted by Crippen LogP contribution is 2.18. The molecule has 4 nitrogen and oxygen atoms in total. The zero-order chi connectivity index (χ0) is 13.0. The predicted octanol–water partition coefficient (Wildman–Crippen LogP) is 1.52. The van der Waals surface area contributed by atoms with Crippen LogP contribution in [0.15, 0.2) is 18.5 Å². The zero-order valence-electron chi connectivity index (χ0n) is 10.6. The number of anilines is 1. The number of aromatic nitrogens is 1. The second-order valence-corrected chi connectivity index (χ2v) is 4.05. The van der Waals surface area contributed by atoms with Gasteiger partial charge in [0.2, 0.25) is 5.91 Å². The van der Waals surface area contributed by atoms with E-state index in [1.54, 1.807) is 11.8 Å². The number of nitrogens with zero attached hydrogens (tertiary/aromatic N) is 3. The Balaban J connectivity index is 3.00. The van der Waals surface area contributed by atoms with Gasteiger partial charge < -0.3 is 4.90 Å². The van der Waals surface area contributed by atoms with Crippen molar-refractivity contribution in [2.45, 2.75) is 19.9 Å². The lowest BCUT2D eigenvalue weighted by molar-refractivity contribution is -0.122. The highest BCUT2D eigenvalue weighted by Gasteiger charge is 2.23. The molecule has 0 N–H and O–H groups in total. The maximum absolute atomic E-state index is 13.6. The normalized spacial score (nSPS) is 12.6. The molecule has 0 aliphatic rings. The molecule has 0 fully saturated rings. The molecule has 0 spiro atoms. The van der Waals surface area contributed by atoms with Crippen molar-refractivity contribution in [1.29, 1.82) is 0 Å². The number of carbonyl (C=O) groups excluding carboxylic acids is 1. The first-order valence-corrected chi connectivity index (χ1v) is 5.56. The molecule has 0 aliphatic carbocycles. The summed E-state index contributed by atoms with van der Waals surface area (Å²) < 4.78 is 13.6. The SMILES string of the molecule is CCN(C(=O)C(C)N(C)C)c1ccncc1F. The first-order valence-electron chi connectivity index (χ1n) is 5.56. The minimum absolute atomic E-state index is 0.123. The number of hydrogen-bond donors (Lipinski definition) is 0. The maximum Gasteiger partial charge on any atom is 0.244 e. The average Bonchev–Trinajstić information content (AvgIpc) is 2.31. The van der Waals surface area contributed by atoms with Crippen LogP contribution in [0.3, 0.4) is 0 Å². The summed E-state index contributed by atoms with van der Waals surface area (Å²) in [4.78, 5) is 19.1. The summed E-state index contributed by atoms with van der Waals surface area (Å²) in [6.45, 7) is 4.04. The number of halogens is 1. The van der Waals surface area contributed by atoms with E-state index in [9.17, 15) is 9.18 Å². The van der Waals surface area contributed by atoms with Crippen molar-refractivity contribution in [2.75, 3.05) is 25.5 Å². The molecular formula is C12H18FN3O. The van der Waals surface area contributed by atoms with Gasteiger partial charge in [-0.15, -0.1) is 0 Å².